The second-order valence-corrected chi connectivity index (χ2v) is 6.71. The maximum absolute atomic E-state index is 5.86. The van der Waals surface area contributed by atoms with E-state index in [1.54, 1.807) is 0 Å². The van der Waals surface area contributed by atoms with E-state index in [1.165, 1.54) is 17.0 Å². The van der Waals surface area contributed by atoms with Crippen LogP contribution in [0.5, 0.6) is 0 Å². The summed E-state index contributed by atoms with van der Waals surface area (Å²) in [6.07, 6.45) is 6.84. The summed E-state index contributed by atoms with van der Waals surface area (Å²) in [5.41, 5.74) is 7.37. The highest BCUT2D eigenvalue weighted by atomic mass is 35.5. The van der Waals surface area contributed by atoms with Gasteiger partial charge >= 0.3 is 0 Å². The van der Waals surface area contributed by atoms with Gasteiger partial charge in [-0.25, -0.2) is 4.98 Å². The number of halogens is 1. The van der Waals surface area contributed by atoms with Crippen LogP contribution < -0.4 is 5.73 Å². The zero-order valence-corrected chi connectivity index (χ0v) is 13.3. The lowest BCUT2D eigenvalue weighted by Crippen LogP contribution is -2.30. The molecule has 0 bridgehead atoms. The van der Waals surface area contributed by atoms with Gasteiger partial charge in [0.2, 0.25) is 0 Å². The molecule has 3 heterocycles. The lowest BCUT2D eigenvalue weighted by atomic mass is 9.90. The Morgan fingerprint density at radius 1 is 1.50 bits per heavy atom. The molecule has 2 aromatic rings. The summed E-state index contributed by atoms with van der Waals surface area (Å²) in [5.74, 6) is 0. The first-order chi connectivity index (χ1) is 9.18. The van der Waals surface area contributed by atoms with Crippen LogP contribution in [0.1, 0.15) is 18.2 Å². The molecule has 0 spiro atoms. The average molecular weight is 313 g/mol. The number of hydrogen-bond acceptors (Lipinski definition) is 4. The molecule has 1 aliphatic rings. The number of likely N-dealkylation sites (tertiary alicyclic amines) is 1. The number of hydrogen-bond donors (Lipinski definition) is 1. The van der Waals surface area contributed by atoms with Crippen molar-refractivity contribution in [2.24, 2.45) is 11.1 Å². The van der Waals surface area contributed by atoms with Crippen molar-refractivity contribution in [3.05, 3.63) is 35.0 Å². The summed E-state index contributed by atoms with van der Waals surface area (Å²) in [5, 5.41) is 2.19. The van der Waals surface area contributed by atoms with Crippen LogP contribution in [0, 0.1) is 5.41 Å². The van der Waals surface area contributed by atoms with Crippen LogP contribution in [0.4, 0.5) is 0 Å². The predicted octanol–water partition coefficient (Wildman–Crippen LogP) is 2.53. The molecular formula is C14H21ClN4S. The Labute approximate surface area is 130 Å². The summed E-state index contributed by atoms with van der Waals surface area (Å²) in [6, 6.07) is 2.25. The van der Waals surface area contributed by atoms with E-state index in [4.69, 9.17) is 5.73 Å². The lowest BCUT2D eigenvalue weighted by molar-refractivity contribution is 0.276. The minimum Gasteiger partial charge on any atom is -0.330 e. The first-order valence-electron chi connectivity index (χ1n) is 6.67. The fourth-order valence-corrected chi connectivity index (χ4v) is 3.55. The van der Waals surface area contributed by atoms with Crippen molar-refractivity contribution >= 4 is 23.7 Å². The third kappa shape index (κ3) is 3.23. The van der Waals surface area contributed by atoms with Gasteiger partial charge in [0, 0.05) is 35.7 Å². The zero-order chi connectivity index (χ0) is 13.3. The second-order valence-electron chi connectivity index (χ2n) is 5.72. The molecule has 3 rings (SSSR count). The van der Waals surface area contributed by atoms with Crippen LogP contribution in [0.2, 0.25) is 0 Å². The summed E-state index contributed by atoms with van der Waals surface area (Å²) < 4.78 is 2.05. The van der Waals surface area contributed by atoms with Crippen LogP contribution in [-0.4, -0.2) is 34.1 Å². The van der Waals surface area contributed by atoms with Crippen molar-refractivity contribution in [3.8, 4) is 5.69 Å². The van der Waals surface area contributed by atoms with Crippen LogP contribution in [0.25, 0.3) is 5.69 Å². The summed E-state index contributed by atoms with van der Waals surface area (Å²) >= 11 is 1.82. The normalized spacial score (nSPS) is 22.9. The molecule has 0 saturated carbocycles. The van der Waals surface area contributed by atoms with E-state index >= 15 is 0 Å². The quantitative estimate of drug-likeness (QED) is 0.943. The fraction of sp³-hybridized carbons (Fsp3) is 0.500. The Morgan fingerprint density at radius 3 is 3.00 bits per heavy atom. The van der Waals surface area contributed by atoms with Crippen molar-refractivity contribution in [1.82, 2.24) is 14.5 Å². The van der Waals surface area contributed by atoms with Crippen LogP contribution in [0.15, 0.2) is 30.2 Å². The highest BCUT2D eigenvalue weighted by Crippen LogP contribution is 2.30. The molecule has 0 aliphatic carbocycles. The third-order valence-corrected chi connectivity index (χ3v) is 4.86. The topological polar surface area (TPSA) is 47.1 Å². The zero-order valence-electron chi connectivity index (χ0n) is 11.7. The van der Waals surface area contributed by atoms with E-state index in [1.807, 2.05) is 34.6 Å². The number of imidazole rings is 1. The van der Waals surface area contributed by atoms with Gasteiger partial charge in [0.1, 0.15) is 0 Å². The first-order valence-corrected chi connectivity index (χ1v) is 7.55. The van der Waals surface area contributed by atoms with E-state index in [0.717, 1.165) is 26.2 Å². The average Bonchev–Trinajstić information content (AvgIpc) is 3.11. The van der Waals surface area contributed by atoms with Crippen molar-refractivity contribution < 1.29 is 0 Å². The van der Waals surface area contributed by atoms with Crippen LogP contribution >= 0.6 is 23.7 Å². The smallest absolute Gasteiger partial charge is 0.0991 e. The largest absolute Gasteiger partial charge is 0.330 e. The van der Waals surface area contributed by atoms with Gasteiger partial charge in [0.25, 0.3) is 0 Å². The lowest BCUT2D eigenvalue weighted by Gasteiger charge is -2.22. The molecular weight excluding hydrogens is 292 g/mol. The van der Waals surface area contributed by atoms with Crippen molar-refractivity contribution in [2.45, 2.75) is 19.9 Å². The molecule has 1 fully saturated rings. The monoisotopic (exact) mass is 312 g/mol. The van der Waals surface area contributed by atoms with Crippen LogP contribution in [-0.2, 0) is 6.54 Å². The summed E-state index contributed by atoms with van der Waals surface area (Å²) in [4.78, 5) is 8.00. The maximum atomic E-state index is 5.86. The minimum absolute atomic E-state index is 0. The number of nitrogens with zero attached hydrogens (tertiary/aromatic N) is 3. The molecule has 0 radical (unpaired) electrons. The molecule has 1 saturated heterocycles. The minimum atomic E-state index is 0. The Hall–Kier alpha value is -0.880. The van der Waals surface area contributed by atoms with Gasteiger partial charge in [0.15, 0.2) is 0 Å². The molecule has 2 aromatic heterocycles. The van der Waals surface area contributed by atoms with Gasteiger partial charge in [-0.1, -0.05) is 6.92 Å². The maximum Gasteiger partial charge on any atom is 0.0991 e. The van der Waals surface area contributed by atoms with Gasteiger partial charge in [-0.2, -0.15) is 0 Å². The molecule has 1 unspecified atom stereocenters. The Balaban J connectivity index is 0.00000147. The molecule has 4 nitrogen and oxygen atoms in total. The highest BCUT2D eigenvalue weighted by Gasteiger charge is 2.32. The molecule has 0 amide bonds. The summed E-state index contributed by atoms with van der Waals surface area (Å²) in [6.45, 7) is 6.38. The molecule has 0 aromatic carbocycles. The molecule has 1 atom stereocenters. The number of thiophene rings is 1. The van der Waals surface area contributed by atoms with Gasteiger partial charge in [-0.05, 0) is 31.0 Å². The Morgan fingerprint density at radius 2 is 2.35 bits per heavy atom. The van der Waals surface area contributed by atoms with Crippen molar-refractivity contribution in [1.29, 1.82) is 0 Å². The SMILES string of the molecule is CC1(CN)CCN(Cc2cc(-n3ccnc3)cs2)C1.Cl. The van der Waals surface area contributed by atoms with Crippen molar-refractivity contribution in [2.75, 3.05) is 19.6 Å². The van der Waals surface area contributed by atoms with E-state index < -0.39 is 0 Å². The van der Waals surface area contributed by atoms with Gasteiger partial charge < -0.3 is 10.3 Å². The molecule has 110 valence electrons. The Bertz CT molecular complexity index is 539. The predicted molar refractivity (Wildman–Crippen MR) is 85.7 cm³/mol. The number of rotatable bonds is 4. The van der Waals surface area contributed by atoms with Gasteiger partial charge in [-0.3, -0.25) is 4.90 Å². The van der Waals surface area contributed by atoms with Crippen LogP contribution in [0.3, 0.4) is 0 Å². The van der Waals surface area contributed by atoms with Gasteiger partial charge in [-0.15, -0.1) is 23.7 Å². The molecule has 2 N–H and O–H groups in total. The number of aromatic nitrogens is 2. The van der Waals surface area contributed by atoms with E-state index in [-0.39, 0.29) is 12.4 Å². The molecule has 1 aliphatic heterocycles. The summed E-state index contributed by atoms with van der Waals surface area (Å²) in [7, 11) is 0. The van der Waals surface area contributed by atoms with Crippen molar-refractivity contribution in [3.63, 3.8) is 0 Å². The standard InChI is InChI=1S/C14H20N4S.ClH/c1-14(9-15)2-4-17(10-14)7-13-6-12(8-19-13)18-5-3-16-11-18;/h3,5-6,8,11H,2,4,7,9-10,15H2,1H3;1H. The Kier molecular flexibility index (Phi) is 4.86. The fourth-order valence-electron chi connectivity index (χ4n) is 2.65. The van der Waals surface area contributed by atoms with E-state index in [9.17, 15) is 0 Å². The highest BCUT2D eigenvalue weighted by molar-refractivity contribution is 7.10. The third-order valence-electron chi connectivity index (χ3n) is 3.95. The van der Waals surface area contributed by atoms with E-state index in [2.05, 4.69) is 28.3 Å². The van der Waals surface area contributed by atoms with E-state index in [0.29, 0.717) is 5.41 Å². The van der Waals surface area contributed by atoms with Gasteiger partial charge in [0.05, 0.1) is 12.0 Å². The number of nitrogens with two attached hydrogens (primary N) is 1. The molecule has 20 heavy (non-hydrogen) atoms. The molecule has 6 heteroatoms. The first kappa shape index (κ1) is 15.5. The second kappa shape index (κ2) is 6.26.